The Labute approximate surface area is 42.8 Å². The number of hydrogen-bond donors (Lipinski definition) is 0. The first-order valence-electron chi connectivity index (χ1n) is 1.73. The topological polar surface area (TPSA) is 0 Å². The van der Waals surface area contributed by atoms with Crippen LogP contribution < -0.4 is 0 Å². The molecule has 0 amide bonds. The SMILES string of the molecule is [SiH3][Y]([SiH3])[SiH3]. The fourth-order valence-electron chi connectivity index (χ4n) is 0. The van der Waals surface area contributed by atoms with Gasteiger partial charge in [-0.1, -0.05) is 0 Å². The van der Waals surface area contributed by atoms with Crippen molar-refractivity contribution in [2.75, 3.05) is 0 Å². The van der Waals surface area contributed by atoms with E-state index in [0.29, 0.717) is 0 Å². The van der Waals surface area contributed by atoms with Gasteiger partial charge in [0.05, 0.1) is 0 Å². The second-order valence-electron chi connectivity index (χ2n) is 1.73. The van der Waals surface area contributed by atoms with E-state index < -0.39 is 0 Å². The van der Waals surface area contributed by atoms with Crippen molar-refractivity contribution in [1.82, 2.24) is 0 Å². The molecule has 0 atom stereocenters. The van der Waals surface area contributed by atoms with Gasteiger partial charge in [-0.15, -0.1) is 0 Å². The number of hydrogen-bond acceptors (Lipinski definition) is 0. The number of rotatable bonds is 0. The minimum atomic E-state index is -0.220. The van der Waals surface area contributed by atoms with Gasteiger partial charge in [0.15, 0.2) is 0 Å². The van der Waals surface area contributed by atoms with Gasteiger partial charge in [0, 0.05) is 0 Å². The molecule has 0 heterocycles. The molecule has 24 valence electrons. The summed E-state index contributed by atoms with van der Waals surface area (Å²) < 4.78 is 0. The van der Waals surface area contributed by atoms with Gasteiger partial charge in [-0.25, -0.2) is 0 Å². The van der Waals surface area contributed by atoms with Crippen LogP contribution in [0.15, 0.2) is 0 Å². The summed E-state index contributed by atoms with van der Waals surface area (Å²) in [5, 5.41) is 0. The van der Waals surface area contributed by atoms with E-state index in [9.17, 15) is 0 Å². The summed E-state index contributed by atoms with van der Waals surface area (Å²) in [7, 11) is 0. The molecule has 0 spiro atoms. The van der Waals surface area contributed by atoms with Gasteiger partial charge in [-0.3, -0.25) is 0 Å². The standard InChI is InChI=1S/3H3Si.Y/h3*1H3;. The molecule has 0 aromatic heterocycles. The van der Waals surface area contributed by atoms with Crippen LogP contribution in [0.5, 0.6) is 0 Å². The van der Waals surface area contributed by atoms with Crippen LogP contribution in [-0.4, -0.2) is 18.8 Å². The third-order valence-electron chi connectivity index (χ3n) is 0. The van der Waals surface area contributed by atoms with Crippen LogP contribution in [0.25, 0.3) is 0 Å². The van der Waals surface area contributed by atoms with Gasteiger partial charge in [0.25, 0.3) is 0 Å². The van der Waals surface area contributed by atoms with E-state index in [1.807, 2.05) is 0 Å². The molecule has 0 saturated heterocycles. The van der Waals surface area contributed by atoms with Crippen molar-refractivity contribution in [3.63, 3.8) is 0 Å². The van der Waals surface area contributed by atoms with E-state index in [4.69, 9.17) is 0 Å². The van der Waals surface area contributed by atoms with Crippen molar-refractivity contribution in [2.24, 2.45) is 0 Å². The Balaban J connectivity index is 2.32. The van der Waals surface area contributed by atoms with Crippen LogP contribution in [0.3, 0.4) is 0 Å². The Kier molecular flexibility index (Phi) is 4.27. The molecule has 0 N–H and O–H groups in total. The molecule has 0 radical (unpaired) electrons. The van der Waals surface area contributed by atoms with E-state index in [1.165, 1.54) is 0 Å². The van der Waals surface area contributed by atoms with Crippen molar-refractivity contribution < 1.29 is 24.5 Å². The summed E-state index contributed by atoms with van der Waals surface area (Å²) in [5.41, 5.74) is 0. The summed E-state index contributed by atoms with van der Waals surface area (Å²) in [5.74, 6) is 0. The van der Waals surface area contributed by atoms with Crippen LogP contribution >= 0.6 is 0 Å². The van der Waals surface area contributed by atoms with Crippen molar-refractivity contribution in [3.05, 3.63) is 0 Å². The van der Waals surface area contributed by atoms with Gasteiger partial charge in [-0.2, -0.15) is 0 Å². The summed E-state index contributed by atoms with van der Waals surface area (Å²) in [6, 6.07) is 0. The normalized spacial score (nSPS) is 9.00. The van der Waals surface area contributed by atoms with E-state index >= 15 is 0 Å². The first-order chi connectivity index (χ1) is 1.73. The molecule has 0 rings (SSSR count). The van der Waals surface area contributed by atoms with Gasteiger partial charge in [0.1, 0.15) is 0 Å². The molecule has 0 nitrogen and oxygen atoms in total. The van der Waals surface area contributed by atoms with Gasteiger partial charge < -0.3 is 0 Å². The first kappa shape index (κ1) is 5.75. The molecule has 0 saturated carbocycles. The molecule has 0 aliphatic heterocycles. The second-order valence-corrected chi connectivity index (χ2v) is 92.2. The quantitative estimate of drug-likeness (QED) is 0.340. The zero-order valence-corrected chi connectivity index (χ0v) is 12.4. The van der Waals surface area contributed by atoms with E-state index in [-0.39, 0.29) is 24.5 Å². The summed E-state index contributed by atoms with van der Waals surface area (Å²) in [6.07, 6.45) is 5.05. The Morgan fingerprint density at radius 1 is 1.00 bits per heavy atom. The molecule has 0 aromatic carbocycles. The van der Waals surface area contributed by atoms with E-state index in [1.54, 1.807) is 18.8 Å². The van der Waals surface area contributed by atoms with E-state index in [2.05, 4.69) is 0 Å². The predicted octanol–water partition coefficient (Wildman–Crippen LogP) is -3.55. The molecule has 4 heteroatoms. The van der Waals surface area contributed by atoms with Gasteiger partial charge >= 0.3 is 43.3 Å². The van der Waals surface area contributed by atoms with Gasteiger partial charge in [-0.05, 0) is 0 Å². The maximum atomic E-state index is 1.68. The zero-order chi connectivity index (χ0) is 3.58. The fourth-order valence-corrected chi connectivity index (χ4v) is 0. The molecule has 0 unspecified atom stereocenters. The molecular weight excluding hydrogens is 173 g/mol. The van der Waals surface area contributed by atoms with Gasteiger partial charge in [0.2, 0.25) is 0 Å². The average Bonchev–Trinajstić information content (AvgIpc) is 0.811. The van der Waals surface area contributed by atoms with Crippen LogP contribution in [0.4, 0.5) is 0 Å². The monoisotopic (exact) mass is 182 g/mol. The van der Waals surface area contributed by atoms with Crippen molar-refractivity contribution in [2.45, 2.75) is 0 Å². The molecule has 0 aliphatic rings. The third kappa shape index (κ3) is 9.25. The fraction of sp³-hybridized carbons (Fsp3) is 0. The Bertz CT molecular complexity index is 8.00. The molecule has 0 aromatic rings. The molecule has 0 fully saturated rings. The molecule has 0 aliphatic carbocycles. The Morgan fingerprint density at radius 3 is 1.00 bits per heavy atom. The summed E-state index contributed by atoms with van der Waals surface area (Å²) in [6.45, 7) is 0. The Morgan fingerprint density at radius 2 is 1.00 bits per heavy atom. The molecular formula is H9Si3Y. The van der Waals surface area contributed by atoms with Crippen LogP contribution in [0.2, 0.25) is 0 Å². The van der Waals surface area contributed by atoms with Crippen molar-refractivity contribution in [3.8, 4) is 0 Å². The van der Waals surface area contributed by atoms with Crippen molar-refractivity contribution in [1.29, 1.82) is 0 Å². The molecule has 0 bridgehead atoms. The predicted molar refractivity (Wildman–Crippen MR) is 29.8 cm³/mol. The first-order valence-corrected chi connectivity index (χ1v) is 30.7. The summed E-state index contributed by atoms with van der Waals surface area (Å²) >= 11 is -0.220. The van der Waals surface area contributed by atoms with Crippen LogP contribution in [-0.2, 0) is 24.5 Å². The zero-order valence-electron chi connectivity index (χ0n) is 3.58. The summed E-state index contributed by atoms with van der Waals surface area (Å²) in [4.78, 5) is 0. The maximum absolute atomic E-state index is 1.68. The van der Waals surface area contributed by atoms with E-state index in [0.717, 1.165) is 0 Å². The van der Waals surface area contributed by atoms with Crippen LogP contribution in [0, 0.1) is 0 Å². The van der Waals surface area contributed by atoms with Crippen LogP contribution in [0.1, 0.15) is 0 Å². The average molecular weight is 182 g/mol. The minimum absolute atomic E-state index is 0.220. The third-order valence-corrected chi connectivity index (χ3v) is 0. The van der Waals surface area contributed by atoms with Crippen molar-refractivity contribution >= 4 is 18.8 Å². The second kappa shape index (κ2) is 2.96. The molecule has 4 heavy (non-hydrogen) atoms. The Hall–Kier alpha value is 1.75.